The SMILES string of the molecule is Cc1cccc(NS(=O)(=O)c2ccc(C#N)cc2)c1C. The van der Waals surface area contributed by atoms with Crippen molar-refractivity contribution in [1.82, 2.24) is 0 Å². The molecule has 0 amide bonds. The Kier molecular flexibility index (Phi) is 3.77. The molecule has 0 bridgehead atoms. The molecule has 0 atom stereocenters. The van der Waals surface area contributed by atoms with Gasteiger partial charge in [0.15, 0.2) is 0 Å². The molecule has 2 aromatic rings. The summed E-state index contributed by atoms with van der Waals surface area (Å²) in [7, 11) is -3.64. The van der Waals surface area contributed by atoms with Crippen LogP contribution in [0.4, 0.5) is 5.69 Å². The van der Waals surface area contributed by atoms with E-state index in [2.05, 4.69) is 4.72 Å². The maximum atomic E-state index is 12.3. The van der Waals surface area contributed by atoms with Gasteiger partial charge in [0.1, 0.15) is 0 Å². The van der Waals surface area contributed by atoms with Gasteiger partial charge in [0, 0.05) is 0 Å². The first-order chi connectivity index (χ1) is 9.44. The summed E-state index contributed by atoms with van der Waals surface area (Å²) in [6.07, 6.45) is 0. The second-order valence-corrected chi connectivity index (χ2v) is 6.17. The summed E-state index contributed by atoms with van der Waals surface area (Å²) in [4.78, 5) is 0.136. The molecule has 2 aromatic carbocycles. The van der Waals surface area contributed by atoms with Crippen LogP contribution in [0.25, 0.3) is 0 Å². The molecule has 0 aliphatic rings. The number of anilines is 1. The van der Waals surface area contributed by atoms with E-state index in [1.165, 1.54) is 24.3 Å². The summed E-state index contributed by atoms with van der Waals surface area (Å²) in [5.74, 6) is 0. The monoisotopic (exact) mass is 286 g/mol. The fourth-order valence-corrected chi connectivity index (χ4v) is 2.90. The van der Waals surface area contributed by atoms with Gasteiger partial charge in [0.05, 0.1) is 22.2 Å². The Balaban J connectivity index is 2.36. The zero-order valence-corrected chi connectivity index (χ0v) is 12.0. The average Bonchev–Trinajstić information content (AvgIpc) is 2.44. The van der Waals surface area contributed by atoms with Crippen molar-refractivity contribution in [3.8, 4) is 6.07 Å². The number of rotatable bonds is 3. The van der Waals surface area contributed by atoms with Crippen molar-refractivity contribution < 1.29 is 8.42 Å². The Labute approximate surface area is 118 Å². The topological polar surface area (TPSA) is 70.0 Å². The zero-order chi connectivity index (χ0) is 14.8. The van der Waals surface area contributed by atoms with E-state index in [4.69, 9.17) is 5.26 Å². The molecule has 0 unspecified atom stereocenters. The largest absolute Gasteiger partial charge is 0.279 e. The third-order valence-electron chi connectivity index (χ3n) is 3.14. The molecular weight excluding hydrogens is 272 g/mol. The van der Waals surface area contributed by atoms with Gasteiger partial charge in [-0.15, -0.1) is 0 Å². The van der Waals surface area contributed by atoms with Gasteiger partial charge < -0.3 is 0 Å². The molecule has 1 N–H and O–H groups in total. The van der Waals surface area contributed by atoms with E-state index in [1.807, 2.05) is 26.0 Å². The first-order valence-corrected chi connectivity index (χ1v) is 7.51. The number of nitrogens with one attached hydrogen (secondary N) is 1. The molecule has 0 spiro atoms. The average molecular weight is 286 g/mol. The molecule has 0 fully saturated rings. The van der Waals surface area contributed by atoms with E-state index in [-0.39, 0.29) is 4.90 Å². The number of sulfonamides is 1. The molecular formula is C15H14N2O2S. The molecule has 2 rings (SSSR count). The highest BCUT2D eigenvalue weighted by Crippen LogP contribution is 2.22. The molecule has 4 nitrogen and oxygen atoms in total. The lowest BCUT2D eigenvalue weighted by atomic mass is 10.1. The van der Waals surface area contributed by atoms with Crippen molar-refractivity contribution >= 4 is 15.7 Å². The lowest BCUT2D eigenvalue weighted by Gasteiger charge is -2.12. The standard InChI is InChI=1S/C15H14N2O2S/c1-11-4-3-5-15(12(11)2)17-20(18,19)14-8-6-13(10-16)7-9-14/h3-9,17H,1-2H3. The van der Waals surface area contributed by atoms with Crippen molar-refractivity contribution in [2.24, 2.45) is 0 Å². The summed E-state index contributed by atoms with van der Waals surface area (Å²) in [6, 6.07) is 13.2. The number of nitriles is 1. The van der Waals surface area contributed by atoms with Gasteiger partial charge in [-0.3, -0.25) is 4.72 Å². The van der Waals surface area contributed by atoms with E-state index in [0.29, 0.717) is 11.3 Å². The fourth-order valence-electron chi connectivity index (χ4n) is 1.77. The predicted octanol–water partition coefficient (Wildman–Crippen LogP) is 2.98. The van der Waals surface area contributed by atoms with Crippen LogP contribution in [0.15, 0.2) is 47.4 Å². The van der Waals surface area contributed by atoms with Crippen LogP contribution in [0.2, 0.25) is 0 Å². The van der Waals surface area contributed by atoms with Gasteiger partial charge >= 0.3 is 0 Å². The van der Waals surface area contributed by atoms with Crippen LogP contribution in [-0.4, -0.2) is 8.42 Å². The number of hydrogen-bond donors (Lipinski definition) is 1. The summed E-state index contributed by atoms with van der Waals surface area (Å²) in [5.41, 5.74) is 2.90. The van der Waals surface area contributed by atoms with Crippen LogP contribution in [0.5, 0.6) is 0 Å². The van der Waals surface area contributed by atoms with Gasteiger partial charge in [0.25, 0.3) is 10.0 Å². The van der Waals surface area contributed by atoms with E-state index in [9.17, 15) is 8.42 Å². The van der Waals surface area contributed by atoms with Crippen molar-refractivity contribution in [2.75, 3.05) is 4.72 Å². The lowest BCUT2D eigenvalue weighted by Crippen LogP contribution is -2.14. The van der Waals surface area contributed by atoms with E-state index < -0.39 is 10.0 Å². The normalized spacial score (nSPS) is 10.8. The quantitative estimate of drug-likeness (QED) is 0.943. The molecule has 0 saturated heterocycles. The first kappa shape index (κ1) is 14.1. The molecule has 0 saturated carbocycles. The maximum Gasteiger partial charge on any atom is 0.261 e. The highest BCUT2D eigenvalue weighted by molar-refractivity contribution is 7.92. The second-order valence-electron chi connectivity index (χ2n) is 4.49. The predicted molar refractivity (Wildman–Crippen MR) is 77.9 cm³/mol. The van der Waals surface area contributed by atoms with E-state index in [1.54, 1.807) is 12.1 Å². The van der Waals surface area contributed by atoms with Crippen LogP contribution >= 0.6 is 0 Å². The number of benzene rings is 2. The Morgan fingerprint density at radius 3 is 2.30 bits per heavy atom. The van der Waals surface area contributed by atoms with Crippen LogP contribution in [-0.2, 0) is 10.0 Å². The Bertz CT molecular complexity index is 773. The van der Waals surface area contributed by atoms with E-state index >= 15 is 0 Å². The molecule has 102 valence electrons. The number of hydrogen-bond acceptors (Lipinski definition) is 3. The second kappa shape index (κ2) is 5.35. The minimum atomic E-state index is -3.64. The van der Waals surface area contributed by atoms with Crippen LogP contribution in [0.1, 0.15) is 16.7 Å². The maximum absolute atomic E-state index is 12.3. The summed E-state index contributed by atoms with van der Waals surface area (Å²) >= 11 is 0. The summed E-state index contributed by atoms with van der Waals surface area (Å²) in [6.45, 7) is 3.79. The third-order valence-corrected chi connectivity index (χ3v) is 4.52. The van der Waals surface area contributed by atoms with Gasteiger partial charge in [0.2, 0.25) is 0 Å². The summed E-state index contributed by atoms with van der Waals surface area (Å²) in [5, 5.41) is 8.72. The summed E-state index contributed by atoms with van der Waals surface area (Å²) < 4.78 is 27.1. The molecule has 0 heterocycles. The number of aryl methyl sites for hydroxylation is 1. The van der Waals surface area contributed by atoms with Gasteiger partial charge in [-0.25, -0.2) is 8.42 Å². The van der Waals surface area contributed by atoms with Crippen LogP contribution in [0, 0.1) is 25.2 Å². The molecule has 0 aliphatic carbocycles. The Morgan fingerprint density at radius 1 is 1.05 bits per heavy atom. The van der Waals surface area contributed by atoms with Gasteiger partial charge in [-0.2, -0.15) is 5.26 Å². The van der Waals surface area contributed by atoms with Crippen LogP contribution in [0.3, 0.4) is 0 Å². The minimum absolute atomic E-state index is 0.136. The molecule has 0 aliphatic heterocycles. The smallest absolute Gasteiger partial charge is 0.261 e. The van der Waals surface area contributed by atoms with E-state index in [0.717, 1.165) is 11.1 Å². The molecule has 20 heavy (non-hydrogen) atoms. The van der Waals surface area contributed by atoms with Gasteiger partial charge in [-0.1, -0.05) is 12.1 Å². The minimum Gasteiger partial charge on any atom is -0.279 e. The van der Waals surface area contributed by atoms with Gasteiger partial charge in [-0.05, 0) is 55.3 Å². The fraction of sp³-hybridized carbons (Fsp3) is 0.133. The van der Waals surface area contributed by atoms with Crippen molar-refractivity contribution in [3.05, 3.63) is 59.2 Å². The lowest BCUT2D eigenvalue weighted by molar-refractivity contribution is 0.601. The molecule has 5 heteroatoms. The number of nitrogens with zero attached hydrogens (tertiary/aromatic N) is 1. The third kappa shape index (κ3) is 2.81. The van der Waals surface area contributed by atoms with Crippen molar-refractivity contribution in [3.63, 3.8) is 0 Å². The molecule has 0 radical (unpaired) electrons. The molecule has 0 aromatic heterocycles. The van der Waals surface area contributed by atoms with Crippen LogP contribution < -0.4 is 4.72 Å². The highest BCUT2D eigenvalue weighted by Gasteiger charge is 2.15. The Hall–Kier alpha value is -2.32. The zero-order valence-electron chi connectivity index (χ0n) is 11.2. The highest BCUT2D eigenvalue weighted by atomic mass is 32.2. The van der Waals surface area contributed by atoms with Crippen molar-refractivity contribution in [1.29, 1.82) is 5.26 Å². The van der Waals surface area contributed by atoms with Crippen molar-refractivity contribution in [2.45, 2.75) is 18.7 Å². The Morgan fingerprint density at radius 2 is 1.70 bits per heavy atom. The first-order valence-electron chi connectivity index (χ1n) is 6.03.